The molecule has 260 valence electrons. The highest BCUT2D eigenvalue weighted by Gasteiger charge is 2.42. The molecule has 0 saturated carbocycles. The first-order chi connectivity index (χ1) is 23.3. The average Bonchev–Trinajstić information content (AvgIpc) is 3.47. The average molecular weight is 675 g/mol. The smallest absolute Gasteiger partial charge is 0.246 e. The summed E-state index contributed by atoms with van der Waals surface area (Å²) in [5.41, 5.74) is 13.7. The van der Waals surface area contributed by atoms with Gasteiger partial charge in [0, 0.05) is 25.8 Å². The highest BCUT2D eigenvalue weighted by atomic mass is 16.3. The van der Waals surface area contributed by atoms with E-state index in [1.807, 2.05) is 0 Å². The van der Waals surface area contributed by atoms with E-state index in [9.17, 15) is 39.3 Å². The van der Waals surface area contributed by atoms with Gasteiger partial charge in [-0.3, -0.25) is 24.0 Å². The highest BCUT2D eigenvalue weighted by molar-refractivity contribution is 5.96. The first-order valence-electron chi connectivity index (χ1n) is 15.8. The Morgan fingerprint density at radius 3 is 1.86 bits per heavy atom. The fraction of sp³-hybridized carbons (Fsp3) is 0.343. The number of amides is 5. The molecule has 0 radical (unpaired) electrons. The van der Waals surface area contributed by atoms with Crippen LogP contribution in [-0.4, -0.2) is 92.6 Å². The molecule has 0 spiro atoms. The summed E-state index contributed by atoms with van der Waals surface area (Å²) in [7, 11) is 0. The number of rotatable bonds is 14. The SMILES string of the molecule is C[C@H](NC(=O)[C@H](N)Cc1ccc(O)cc1)C(=O)N[C@H](Cc1ccccc1)C(=O)N1C[C@H](O)C[C@H]1C(=O)N[C@@H](Cc1ccc(O)cc1)C(N)=O. The number of nitrogens with one attached hydrogen (secondary N) is 3. The summed E-state index contributed by atoms with van der Waals surface area (Å²) in [5.74, 6) is -3.35. The van der Waals surface area contributed by atoms with Crippen molar-refractivity contribution < 1.29 is 39.3 Å². The third kappa shape index (κ3) is 10.3. The van der Waals surface area contributed by atoms with Gasteiger partial charge in [0.05, 0.1) is 12.1 Å². The minimum Gasteiger partial charge on any atom is -0.508 e. The van der Waals surface area contributed by atoms with Crippen molar-refractivity contribution in [3.05, 3.63) is 95.6 Å². The molecule has 14 heteroatoms. The molecule has 3 aromatic carbocycles. The summed E-state index contributed by atoms with van der Waals surface area (Å²) >= 11 is 0. The number of β-amino-alcohol motifs (C(OH)–C–C–N with tert-alkyl or cyclic N) is 1. The number of nitrogens with two attached hydrogens (primary N) is 2. The molecule has 0 aromatic heterocycles. The number of benzene rings is 3. The maximum atomic E-state index is 14.0. The lowest BCUT2D eigenvalue weighted by molar-refractivity contribution is -0.142. The number of primary amides is 1. The first kappa shape index (κ1) is 36.4. The number of hydrogen-bond acceptors (Lipinski definition) is 9. The molecule has 0 bridgehead atoms. The quantitative estimate of drug-likeness (QED) is 0.109. The van der Waals surface area contributed by atoms with Crippen molar-refractivity contribution in [3.63, 3.8) is 0 Å². The molecular weight excluding hydrogens is 632 g/mol. The van der Waals surface area contributed by atoms with Gasteiger partial charge in [0.15, 0.2) is 0 Å². The van der Waals surface area contributed by atoms with Crippen molar-refractivity contribution >= 4 is 29.5 Å². The summed E-state index contributed by atoms with van der Waals surface area (Å²) in [6.07, 6.45) is -0.941. The van der Waals surface area contributed by atoms with Gasteiger partial charge in [0.25, 0.3) is 0 Å². The normalized spacial score (nSPS) is 18.1. The molecule has 4 rings (SSSR count). The van der Waals surface area contributed by atoms with Gasteiger partial charge in [-0.15, -0.1) is 0 Å². The number of hydrogen-bond donors (Lipinski definition) is 8. The van der Waals surface area contributed by atoms with Crippen molar-refractivity contribution in [1.29, 1.82) is 0 Å². The predicted octanol–water partition coefficient (Wildman–Crippen LogP) is -0.626. The molecule has 5 amide bonds. The van der Waals surface area contributed by atoms with E-state index in [4.69, 9.17) is 11.5 Å². The molecule has 10 N–H and O–H groups in total. The zero-order valence-electron chi connectivity index (χ0n) is 27.0. The van der Waals surface area contributed by atoms with Gasteiger partial charge in [-0.2, -0.15) is 0 Å². The Morgan fingerprint density at radius 2 is 1.29 bits per heavy atom. The molecule has 1 heterocycles. The van der Waals surface area contributed by atoms with Gasteiger partial charge in [-0.05, 0) is 54.3 Å². The van der Waals surface area contributed by atoms with Crippen LogP contribution in [-0.2, 0) is 43.2 Å². The Morgan fingerprint density at radius 1 is 0.755 bits per heavy atom. The summed E-state index contributed by atoms with van der Waals surface area (Å²) in [6, 6.07) is 15.5. The zero-order valence-corrected chi connectivity index (χ0v) is 27.0. The van der Waals surface area contributed by atoms with Crippen molar-refractivity contribution in [1.82, 2.24) is 20.9 Å². The lowest BCUT2D eigenvalue weighted by Gasteiger charge is -2.30. The second-order valence-corrected chi connectivity index (χ2v) is 12.2. The number of nitrogens with zero attached hydrogens (tertiary/aromatic N) is 1. The van der Waals surface area contributed by atoms with Gasteiger partial charge in [0.2, 0.25) is 29.5 Å². The maximum absolute atomic E-state index is 14.0. The van der Waals surface area contributed by atoms with Crippen molar-refractivity contribution in [2.75, 3.05) is 6.54 Å². The van der Waals surface area contributed by atoms with Crippen LogP contribution in [0.1, 0.15) is 30.0 Å². The second kappa shape index (κ2) is 16.6. The van der Waals surface area contributed by atoms with Gasteiger partial charge < -0.3 is 47.6 Å². The minimum atomic E-state index is -1.19. The molecule has 1 aliphatic rings. The minimum absolute atomic E-state index is 0.0273. The molecule has 1 saturated heterocycles. The molecule has 14 nitrogen and oxygen atoms in total. The summed E-state index contributed by atoms with van der Waals surface area (Å²) < 4.78 is 0. The van der Waals surface area contributed by atoms with Gasteiger partial charge in [-0.1, -0.05) is 54.6 Å². The van der Waals surface area contributed by atoms with Crippen molar-refractivity contribution in [3.8, 4) is 11.5 Å². The fourth-order valence-electron chi connectivity index (χ4n) is 5.58. The van der Waals surface area contributed by atoms with Crippen molar-refractivity contribution in [2.24, 2.45) is 11.5 Å². The second-order valence-electron chi connectivity index (χ2n) is 12.2. The van der Waals surface area contributed by atoms with Crippen LogP contribution in [0.2, 0.25) is 0 Å². The maximum Gasteiger partial charge on any atom is 0.246 e. The van der Waals surface area contributed by atoms with Crippen LogP contribution >= 0.6 is 0 Å². The van der Waals surface area contributed by atoms with Crippen LogP contribution in [0.5, 0.6) is 11.5 Å². The number of aliphatic hydroxyl groups excluding tert-OH is 1. The van der Waals surface area contributed by atoms with Crippen LogP contribution in [0, 0.1) is 0 Å². The highest BCUT2D eigenvalue weighted by Crippen LogP contribution is 2.21. The van der Waals surface area contributed by atoms with Crippen LogP contribution in [0.3, 0.4) is 0 Å². The molecule has 49 heavy (non-hydrogen) atoms. The lowest BCUT2D eigenvalue weighted by atomic mass is 10.0. The van der Waals surface area contributed by atoms with E-state index < -0.39 is 65.8 Å². The fourth-order valence-corrected chi connectivity index (χ4v) is 5.58. The molecule has 6 atom stereocenters. The van der Waals surface area contributed by atoms with Gasteiger partial charge in [-0.25, -0.2) is 0 Å². The van der Waals surface area contributed by atoms with E-state index in [-0.39, 0.29) is 43.7 Å². The number of carbonyl (C=O) groups excluding carboxylic acids is 5. The number of phenols is 2. The third-order valence-corrected chi connectivity index (χ3v) is 8.28. The first-order valence-corrected chi connectivity index (χ1v) is 15.8. The van der Waals surface area contributed by atoms with Crippen LogP contribution in [0.4, 0.5) is 0 Å². The number of aromatic hydroxyl groups is 2. The monoisotopic (exact) mass is 674 g/mol. The van der Waals surface area contributed by atoms with E-state index in [1.165, 1.54) is 36.1 Å². The predicted molar refractivity (Wildman–Crippen MR) is 179 cm³/mol. The Bertz CT molecular complexity index is 1620. The molecule has 3 aromatic rings. The zero-order chi connectivity index (χ0) is 35.7. The lowest BCUT2D eigenvalue weighted by Crippen LogP contribution is -2.58. The molecule has 0 unspecified atom stereocenters. The molecule has 1 aliphatic heterocycles. The standard InChI is InChI=1S/C35H42N6O8/c1-20(38-33(47)27(36)15-22-7-11-24(42)12-8-22)32(46)40-29(17-21-5-3-2-4-6-21)35(49)41-19-26(44)18-30(41)34(48)39-28(31(37)45)16-23-9-13-25(43)14-10-23/h2-14,20,26-30,42-44H,15-19,36H2,1H3,(H2,37,45)(H,38,47)(H,39,48)(H,40,46)/t20-,26+,27+,28-,29+,30-/m0/s1. The number of carbonyl (C=O) groups is 5. The number of likely N-dealkylation sites (tertiary alicyclic amines) is 1. The Kier molecular flexibility index (Phi) is 12.3. The summed E-state index contributed by atoms with van der Waals surface area (Å²) in [5, 5.41) is 37.4. The summed E-state index contributed by atoms with van der Waals surface area (Å²) in [6.45, 7) is 1.24. The van der Waals surface area contributed by atoms with E-state index in [2.05, 4.69) is 16.0 Å². The van der Waals surface area contributed by atoms with Crippen LogP contribution in [0.25, 0.3) is 0 Å². The molecule has 1 fully saturated rings. The van der Waals surface area contributed by atoms with Crippen LogP contribution < -0.4 is 27.4 Å². The van der Waals surface area contributed by atoms with Gasteiger partial charge >= 0.3 is 0 Å². The summed E-state index contributed by atoms with van der Waals surface area (Å²) in [4.78, 5) is 67.1. The third-order valence-electron chi connectivity index (χ3n) is 8.28. The van der Waals surface area contributed by atoms with E-state index in [1.54, 1.807) is 54.6 Å². The van der Waals surface area contributed by atoms with E-state index in [0.29, 0.717) is 16.7 Å². The van der Waals surface area contributed by atoms with E-state index in [0.717, 1.165) is 0 Å². The Labute approximate surface area is 283 Å². The van der Waals surface area contributed by atoms with Crippen molar-refractivity contribution in [2.45, 2.75) is 68.9 Å². The number of aliphatic hydroxyl groups is 1. The topological polar surface area (TPSA) is 237 Å². The van der Waals surface area contributed by atoms with E-state index >= 15 is 0 Å². The molecule has 0 aliphatic carbocycles. The molecular formula is C35H42N6O8. The Hall–Kier alpha value is -5.47. The largest absolute Gasteiger partial charge is 0.508 e. The Balaban J connectivity index is 1.46. The van der Waals surface area contributed by atoms with Gasteiger partial charge in [0.1, 0.15) is 35.7 Å². The number of phenolic OH excluding ortho intramolecular Hbond substituents is 2. The van der Waals surface area contributed by atoms with Crippen LogP contribution in [0.15, 0.2) is 78.9 Å².